The van der Waals surface area contributed by atoms with Gasteiger partial charge in [0.05, 0.1) is 6.04 Å². The van der Waals surface area contributed by atoms with E-state index in [1.54, 1.807) is 11.0 Å². The van der Waals surface area contributed by atoms with Gasteiger partial charge in [-0.05, 0) is 30.0 Å². The lowest BCUT2D eigenvalue weighted by atomic mass is 9.95. The van der Waals surface area contributed by atoms with Crippen molar-refractivity contribution in [2.75, 3.05) is 6.54 Å². The van der Waals surface area contributed by atoms with Crippen LogP contribution in [0, 0.1) is 11.7 Å². The third kappa shape index (κ3) is 2.61. The molecule has 0 N–H and O–H groups in total. The van der Waals surface area contributed by atoms with Crippen LogP contribution in [0.5, 0.6) is 0 Å². The van der Waals surface area contributed by atoms with E-state index in [1.165, 1.54) is 12.1 Å². The fourth-order valence-corrected chi connectivity index (χ4v) is 2.99. The summed E-state index contributed by atoms with van der Waals surface area (Å²) in [5, 5.41) is 3.75. The Bertz CT molecular complexity index is 686. The quantitative estimate of drug-likeness (QED) is 0.874. The maximum absolute atomic E-state index is 13.5. The summed E-state index contributed by atoms with van der Waals surface area (Å²) in [7, 11) is 0. The number of benzene rings is 1. The Balaban J connectivity index is 1.90. The van der Waals surface area contributed by atoms with Crippen LogP contribution in [0.2, 0.25) is 0 Å². The molecule has 1 aromatic heterocycles. The van der Waals surface area contributed by atoms with Gasteiger partial charge in [-0.1, -0.05) is 31.1 Å². The Kier molecular flexibility index (Phi) is 3.92. The van der Waals surface area contributed by atoms with Gasteiger partial charge in [-0.2, -0.15) is 4.98 Å². The van der Waals surface area contributed by atoms with Gasteiger partial charge in [0.25, 0.3) is 11.7 Å². The van der Waals surface area contributed by atoms with Gasteiger partial charge >= 0.3 is 0 Å². The molecule has 0 aliphatic carbocycles. The summed E-state index contributed by atoms with van der Waals surface area (Å²) in [4.78, 5) is 18.5. The van der Waals surface area contributed by atoms with Crippen LogP contribution in [0.3, 0.4) is 0 Å². The number of aromatic nitrogens is 2. The normalized spacial score (nSPS) is 21.3. The molecule has 0 radical (unpaired) electrons. The second-order valence-electron chi connectivity index (χ2n) is 5.63. The van der Waals surface area contributed by atoms with Gasteiger partial charge in [0.2, 0.25) is 5.89 Å². The molecule has 22 heavy (non-hydrogen) atoms. The highest BCUT2D eigenvalue weighted by atomic mass is 19.1. The third-order valence-corrected chi connectivity index (χ3v) is 4.11. The number of hydrogen-bond donors (Lipinski definition) is 0. The molecule has 2 heterocycles. The van der Waals surface area contributed by atoms with E-state index in [1.807, 2.05) is 13.0 Å². The second-order valence-corrected chi connectivity index (χ2v) is 5.63. The third-order valence-electron chi connectivity index (χ3n) is 4.11. The minimum absolute atomic E-state index is 0.0763. The minimum atomic E-state index is -0.295. The smallest absolute Gasteiger partial charge is 0.295 e. The Morgan fingerprint density at radius 3 is 3.00 bits per heavy atom. The maximum atomic E-state index is 13.5. The summed E-state index contributed by atoms with van der Waals surface area (Å²) in [5.41, 5.74) is 0.803. The van der Waals surface area contributed by atoms with Gasteiger partial charge in [0.15, 0.2) is 0 Å². The zero-order chi connectivity index (χ0) is 15.7. The number of hydrogen-bond acceptors (Lipinski definition) is 4. The van der Waals surface area contributed by atoms with Crippen LogP contribution in [0.25, 0.3) is 0 Å². The fraction of sp³-hybridized carbons (Fsp3) is 0.438. The summed E-state index contributed by atoms with van der Waals surface area (Å²) < 4.78 is 18.5. The average Bonchev–Trinajstić information content (AvgIpc) is 3.13. The van der Waals surface area contributed by atoms with Crippen LogP contribution in [-0.2, 0) is 6.42 Å². The van der Waals surface area contributed by atoms with Gasteiger partial charge in [-0.15, -0.1) is 0 Å². The molecule has 0 bridgehead atoms. The van der Waals surface area contributed by atoms with E-state index >= 15 is 0 Å². The molecule has 1 aliphatic rings. The molecule has 0 saturated carbocycles. The molecule has 3 rings (SSSR count). The second kappa shape index (κ2) is 5.87. The van der Waals surface area contributed by atoms with E-state index in [4.69, 9.17) is 4.52 Å². The predicted molar refractivity (Wildman–Crippen MR) is 77.6 cm³/mol. The highest BCUT2D eigenvalue weighted by molar-refractivity contribution is 5.90. The van der Waals surface area contributed by atoms with Crippen LogP contribution in [0.1, 0.15) is 48.4 Å². The van der Waals surface area contributed by atoms with E-state index in [2.05, 4.69) is 17.1 Å². The largest absolute Gasteiger partial charge is 0.339 e. The van der Waals surface area contributed by atoms with Crippen LogP contribution in [0.4, 0.5) is 4.39 Å². The van der Waals surface area contributed by atoms with Crippen LogP contribution < -0.4 is 0 Å². The van der Waals surface area contributed by atoms with E-state index in [0.29, 0.717) is 18.9 Å². The Hall–Kier alpha value is -2.24. The lowest BCUT2D eigenvalue weighted by Gasteiger charge is -2.26. The molecular weight excluding hydrogens is 285 g/mol. The molecule has 5 nitrogen and oxygen atoms in total. The first-order valence-electron chi connectivity index (χ1n) is 7.49. The van der Waals surface area contributed by atoms with Crippen molar-refractivity contribution in [3.05, 3.63) is 47.4 Å². The lowest BCUT2D eigenvalue weighted by Crippen LogP contribution is -2.32. The first kappa shape index (κ1) is 14.7. The highest BCUT2D eigenvalue weighted by Crippen LogP contribution is 2.37. The van der Waals surface area contributed by atoms with Crippen molar-refractivity contribution in [3.8, 4) is 0 Å². The number of carbonyl (C=O) groups excluding carboxylic acids is 1. The molecule has 2 unspecified atom stereocenters. The molecule has 2 aromatic rings. The zero-order valence-electron chi connectivity index (χ0n) is 12.6. The van der Waals surface area contributed by atoms with Gasteiger partial charge in [0, 0.05) is 13.0 Å². The predicted octanol–water partition coefficient (Wildman–Crippen LogP) is 2.99. The molecule has 1 fully saturated rings. The van der Waals surface area contributed by atoms with Gasteiger partial charge in [-0.25, -0.2) is 4.39 Å². The summed E-state index contributed by atoms with van der Waals surface area (Å²) in [6, 6.07) is 6.25. The van der Waals surface area contributed by atoms with E-state index in [-0.39, 0.29) is 29.5 Å². The van der Waals surface area contributed by atoms with Crippen molar-refractivity contribution >= 4 is 5.91 Å². The van der Waals surface area contributed by atoms with Gasteiger partial charge < -0.3 is 9.42 Å². The summed E-state index contributed by atoms with van der Waals surface area (Å²) in [5.74, 6) is 0.215. The lowest BCUT2D eigenvalue weighted by molar-refractivity contribution is 0.0704. The molecule has 116 valence electrons. The monoisotopic (exact) mass is 303 g/mol. The summed E-state index contributed by atoms with van der Waals surface area (Å²) in [6.07, 6.45) is 1.45. The Labute approximate surface area is 128 Å². The average molecular weight is 303 g/mol. The molecule has 6 heteroatoms. The van der Waals surface area contributed by atoms with E-state index in [9.17, 15) is 9.18 Å². The SMILES string of the molecule is CCc1nc(C(=O)N2CCC(C)C2c2cccc(F)c2)no1. The zero-order valence-corrected chi connectivity index (χ0v) is 12.6. The molecule has 1 aliphatic heterocycles. The Morgan fingerprint density at radius 1 is 1.50 bits per heavy atom. The van der Waals surface area contributed by atoms with Crippen LogP contribution in [-0.4, -0.2) is 27.5 Å². The van der Waals surface area contributed by atoms with Crippen LogP contribution >= 0.6 is 0 Å². The van der Waals surface area contributed by atoms with Crippen molar-refractivity contribution in [1.29, 1.82) is 0 Å². The number of rotatable bonds is 3. The summed E-state index contributed by atoms with van der Waals surface area (Å²) >= 11 is 0. The maximum Gasteiger partial charge on any atom is 0.295 e. The van der Waals surface area contributed by atoms with Crippen molar-refractivity contribution in [2.45, 2.75) is 32.7 Å². The number of likely N-dealkylation sites (tertiary alicyclic amines) is 1. The van der Waals surface area contributed by atoms with Gasteiger partial charge in [-0.3, -0.25) is 4.79 Å². The minimum Gasteiger partial charge on any atom is -0.339 e. The number of aryl methyl sites for hydroxylation is 1. The molecule has 1 saturated heterocycles. The first-order valence-corrected chi connectivity index (χ1v) is 7.49. The molecule has 1 amide bonds. The number of halogens is 1. The molecule has 0 spiro atoms. The number of carbonyl (C=O) groups is 1. The van der Waals surface area contributed by atoms with Crippen molar-refractivity contribution in [1.82, 2.24) is 15.0 Å². The van der Waals surface area contributed by atoms with E-state index in [0.717, 1.165) is 12.0 Å². The van der Waals surface area contributed by atoms with E-state index < -0.39 is 0 Å². The number of nitrogens with zero attached hydrogens (tertiary/aromatic N) is 3. The molecule has 1 aromatic carbocycles. The van der Waals surface area contributed by atoms with Crippen molar-refractivity contribution in [2.24, 2.45) is 5.92 Å². The summed E-state index contributed by atoms with van der Waals surface area (Å²) in [6.45, 7) is 4.56. The Morgan fingerprint density at radius 2 is 2.32 bits per heavy atom. The van der Waals surface area contributed by atoms with Crippen molar-refractivity contribution < 1.29 is 13.7 Å². The molecular formula is C16H18FN3O2. The molecule has 2 atom stereocenters. The topological polar surface area (TPSA) is 59.2 Å². The first-order chi connectivity index (χ1) is 10.6. The highest BCUT2D eigenvalue weighted by Gasteiger charge is 2.37. The fourth-order valence-electron chi connectivity index (χ4n) is 2.99. The van der Waals surface area contributed by atoms with Crippen molar-refractivity contribution in [3.63, 3.8) is 0 Å². The standard InChI is InChI=1S/C16H18FN3O2/c1-3-13-18-15(19-22-13)16(21)20-8-7-10(2)14(20)11-5-4-6-12(17)9-11/h4-6,9-10,14H,3,7-8H2,1-2H3. The number of amides is 1. The van der Waals surface area contributed by atoms with Gasteiger partial charge in [0.1, 0.15) is 5.82 Å². The van der Waals surface area contributed by atoms with Crippen LogP contribution in [0.15, 0.2) is 28.8 Å².